The summed E-state index contributed by atoms with van der Waals surface area (Å²) in [6.07, 6.45) is 15.8. The second-order valence-corrected chi connectivity index (χ2v) is 16.6. The Hall–Kier alpha value is -3.09. The standard InChI is InChI=1S/C40H57N3O4/c1-25(2)26(3)7-8-27(4)33-15-16-34-32-14-11-29-23-31(17-20-39(29,5)35(32)18-21-40(33,34)6)47-38(46)41-30-12-9-28(10-13-30)24-43-22-19-36(44)42-37(43)45/h9-13,19,22,25-27,31-35H,7-8,14-18,20-21,23-24H2,1-6H3,(H,41,46)(H,42,44,45)/t26-,27+,31-,32-,33+,34-,35-,39-,40+/m0/s1. The Morgan fingerprint density at radius 1 is 0.979 bits per heavy atom. The molecule has 7 heteroatoms. The number of anilines is 1. The lowest BCUT2D eigenvalue weighted by atomic mass is 9.47. The number of fused-ring (bicyclic) bond motifs is 5. The van der Waals surface area contributed by atoms with Gasteiger partial charge in [-0.3, -0.25) is 19.7 Å². The van der Waals surface area contributed by atoms with E-state index in [1.54, 1.807) is 0 Å². The highest BCUT2D eigenvalue weighted by molar-refractivity contribution is 5.84. The zero-order chi connectivity index (χ0) is 33.5. The lowest BCUT2D eigenvalue weighted by Gasteiger charge is -2.58. The molecule has 2 aromatic rings. The maximum absolute atomic E-state index is 12.9. The van der Waals surface area contributed by atoms with Crippen LogP contribution >= 0.6 is 0 Å². The van der Waals surface area contributed by atoms with Gasteiger partial charge in [0.1, 0.15) is 6.10 Å². The molecule has 3 saturated carbocycles. The van der Waals surface area contributed by atoms with Gasteiger partial charge in [0.15, 0.2) is 0 Å². The predicted octanol–water partition coefficient (Wildman–Crippen LogP) is 8.79. The number of hydrogen-bond donors (Lipinski definition) is 2. The summed E-state index contributed by atoms with van der Waals surface area (Å²) in [5.74, 6) is 5.65. The van der Waals surface area contributed by atoms with E-state index >= 15 is 0 Å². The number of H-pyrrole nitrogens is 1. The number of nitrogens with zero attached hydrogens (tertiary/aromatic N) is 1. The van der Waals surface area contributed by atoms with E-state index in [0.29, 0.717) is 17.6 Å². The Bertz CT molecular complexity index is 1570. The smallest absolute Gasteiger partial charge is 0.411 e. The Balaban J connectivity index is 1.04. The molecule has 1 aromatic carbocycles. The number of aromatic nitrogens is 2. The summed E-state index contributed by atoms with van der Waals surface area (Å²) in [7, 11) is 0. The summed E-state index contributed by atoms with van der Waals surface area (Å²) in [6.45, 7) is 15.3. The fourth-order valence-corrected chi connectivity index (χ4v) is 10.5. The van der Waals surface area contributed by atoms with Gasteiger partial charge in [0.05, 0.1) is 6.54 Å². The summed E-state index contributed by atoms with van der Waals surface area (Å²) in [5.41, 5.74) is 2.91. The molecule has 0 spiro atoms. The Morgan fingerprint density at radius 2 is 1.74 bits per heavy atom. The van der Waals surface area contributed by atoms with Gasteiger partial charge in [-0.1, -0.05) is 78.2 Å². The molecule has 6 rings (SSSR count). The normalized spacial score (nSPS) is 32.8. The van der Waals surface area contributed by atoms with Crippen LogP contribution in [0.15, 0.2) is 57.8 Å². The van der Waals surface area contributed by atoms with E-state index in [1.807, 2.05) is 24.3 Å². The number of ether oxygens (including phenoxy) is 1. The molecule has 4 aliphatic rings. The molecule has 4 aliphatic carbocycles. The van der Waals surface area contributed by atoms with Gasteiger partial charge in [0.25, 0.3) is 5.56 Å². The number of benzene rings is 1. The van der Waals surface area contributed by atoms with Crippen LogP contribution in [0.3, 0.4) is 0 Å². The number of rotatable bonds is 9. The van der Waals surface area contributed by atoms with E-state index in [-0.39, 0.29) is 11.5 Å². The zero-order valence-corrected chi connectivity index (χ0v) is 29.5. The molecule has 3 fully saturated rings. The number of amides is 1. The average Bonchev–Trinajstić information content (AvgIpc) is 3.39. The summed E-state index contributed by atoms with van der Waals surface area (Å²) >= 11 is 0. The van der Waals surface area contributed by atoms with E-state index in [2.05, 4.69) is 57.9 Å². The van der Waals surface area contributed by atoms with Crippen molar-refractivity contribution in [3.05, 3.63) is 74.6 Å². The van der Waals surface area contributed by atoms with Crippen LogP contribution < -0.4 is 16.6 Å². The third kappa shape index (κ3) is 6.78. The molecule has 256 valence electrons. The first-order valence-corrected chi connectivity index (χ1v) is 18.4. The Labute approximate surface area is 281 Å². The first kappa shape index (κ1) is 33.8. The molecule has 0 unspecified atom stereocenters. The van der Waals surface area contributed by atoms with Gasteiger partial charge >= 0.3 is 11.8 Å². The third-order valence-corrected chi connectivity index (χ3v) is 13.8. The van der Waals surface area contributed by atoms with Crippen LogP contribution in [0.25, 0.3) is 0 Å². The van der Waals surface area contributed by atoms with E-state index < -0.39 is 17.3 Å². The number of carbonyl (C=O) groups is 1. The van der Waals surface area contributed by atoms with Crippen LogP contribution in [0.5, 0.6) is 0 Å². The number of carbonyl (C=O) groups excluding carboxylic acids is 1. The number of aromatic amines is 1. The molecule has 47 heavy (non-hydrogen) atoms. The quantitative estimate of drug-likeness (QED) is 0.267. The molecule has 1 aromatic heterocycles. The van der Waals surface area contributed by atoms with Crippen molar-refractivity contribution in [2.45, 2.75) is 118 Å². The zero-order valence-electron chi connectivity index (χ0n) is 29.5. The molecule has 2 N–H and O–H groups in total. The summed E-state index contributed by atoms with van der Waals surface area (Å²) < 4.78 is 7.42. The van der Waals surface area contributed by atoms with Crippen molar-refractivity contribution in [3.63, 3.8) is 0 Å². The lowest BCUT2D eigenvalue weighted by Crippen LogP contribution is -2.51. The first-order chi connectivity index (χ1) is 22.4. The van der Waals surface area contributed by atoms with Crippen molar-refractivity contribution in [1.29, 1.82) is 0 Å². The third-order valence-electron chi connectivity index (χ3n) is 13.8. The fourth-order valence-electron chi connectivity index (χ4n) is 10.5. The van der Waals surface area contributed by atoms with Gasteiger partial charge in [-0.25, -0.2) is 9.59 Å². The molecule has 7 nitrogen and oxygen atoms in total. The molecular weight excluding hydrogens is 586 g/mol. The molecule has 1 amide bonds. The van der Waals surface area contributed by atoms with Gasteiger partial charge in [-0.15, -0.1) is 0 Å². The van der Waals surface area contributed by atoms with Crippen LogP contribution in [0.4, 0.5) is 10.5 Å². The van der Waals surface area contributed by atoms with Gasteiger partial charge in [-0.05, 0) is 115 Å². The largest absolute Gasteiger partial charge is 0.446 e. The topological polar surface area (TPSA) is 93.2 Å². The predicted molar refractivity (Wildman–Crippen MR) is 188 cm³/mol. The fraction of sp³-hybridized carbons (Fsp3) is 0.675. The van der Waals surface area contributed by atoms with Crippen LogP contribution in [-0.2, 0) is 11.3 Å². The SMILES string of the molecule is CC(C)[C@@H](C)CC[C@@H](C)[C@H]1CC[C@H]2[C@@H]3CC=C4C[C@@H](OC(=O)Nc5ccc(Cn6ccc(=O)[nH]c6=O)cc5)CC[C@]4(C)[C@H]3CC[C@]12C. The van der Waals surface area contributed by atoms with E-state index in [0.717, 1.165) is 66.3 Å². The van der Waals surface area contributed by atoms with Crippen molar-refractivity contribution in [3.8, 4) is 0 Å². The summed E-state index contributed by atoms with van der Waals surface area (Å²) in [5, 5.41) is 2.89. The minimum atomic E-state index is -0.447. The number of hydrogen-bond acceptors (Lipinski definition) is 4. The maximum Gasteiger partial charge on any atom is 0.411 e. The molecular formula is C40H57N3O4. The van der Waals surface area contributed by atoms with Crippen molar-refractivity contribution >= 4 is 11.8 Å². The molecule has 0 saturated heterocycles. The van der Waals surface area contributed by atoms with Crippen molar-refractivity contribution < 1.29 is 9.53 Å². The molecule has 0 aliphatic heterocycles. The minimum Gasteiger partial charge on any atom is -0.446 e. The van der Waals surface area contributed by atoms with Crippen LogP contribution in [0.1, 0.15) is 111 Å². The van der Waals surface area contributed by atoms with Gasteiger partial charge in [0, 0.05) is 24.4 Å². The average molecular weight is 644 g/mol. The highest BCUT2D eigenvalue weighted by Gasteiger charge is 2.59. The second kappa shape index (κ2) is 13.4. The van der Waals surface area contributed by atoms with Crippen molar-refractivity contribution in [2.24, 2.45) is 52.3 Å². The minimum absolute atomic E-state index is 0.101. The summed E-state index contributed by atoms with van der Waals surface area (Å²) in [6, 6.07) is 8.67. The molecule has 1 heterocycles. The van der Waals surface area contributed by atoms with Crippen LogP contribution in [0.2, 0.25) is 0 Å². The highest BCUT2D eigenvalue weighted by atomic mass is 16.6. The van der Waals surface area contributed by atoms with Crippen molar-refractivity contribution in [1.82, 2.24) is 9.55 Å². The Morgan fingerprint density at radius 3 is 2.47 bits per heavy atom. The van der Waals surface area contributed by atoms with Crippen LogP contribution in [-0.4, -0.2) is 21.7 Å². The number of allylic oxidation sites excluding steroid dienone is 1. The van der Waals surface area contributed by atoms with Gasteiger partial charge < -0.3 is 4.74 Å². The van der Waals surface area contributed by atoms with E-state index in [9.17, 15) is 14.4 Å². The van der Waals surface area contributed by atoms with Crippen LogP contribution in [0, 0.1) is 52.3 Å². The molecule has 0 bridgehead atoms. The highest BCUT2D eigenvalue weighted by Crippen LogP contribution is 2.67. The lowest BCUT2D eigenvalue weighted by molar-refractivity contribution is -0.0579. The maximum atomic E-state index is 12.9. The first-order valence-electron chi connectivity index (χ1n) is 18.4. The summed E-state index contributed by atoms with van der Waals surface area (Å²) in [4.78, 5) is 38.5. The van der Waals surface area contributed by atoms with E-state index in [4.69, 9.17) is 4.74 Å². The van der Waals surface area contributed by atoms with Gasteiger partial charge in [0.2, 0.25) is 0 Å². The molecule has 9 atom stereocenters. The number of nitrogens with one attached hydrogen (secondary N) is 2. The van der Waals surface area contributed by atoms with Gasteiger partial charge in [-0.2, -0.15) is 0 Å². The Kier molecular flexibility index (Phi) is 9.66. The van der Waals surface area contributed by atoms with Crippen molar-refractivity contribution in [2.75, 3.05) is 5.32 Å². The monoisotopic (exact) mass is 643 g/mol. The second-order valence-electron chi connectivity index (χ2n) is 16.6. The molecule has 0 radical (unpaired) electrons. The van der Waals surface area contributed by atoms with E-state index in [1.165, 1.54) is 67.3 Å².